The van der Waals surface area contributed by atoms with Crippen molar-refractivity contribution in [3.8, 4) is 0 Å². The van der Waals surface area contributed by atoms with Gasteiger partial charge in [-0.3, -0.25) is 0 Å². The number of nitrogens with zero attached hydrogens (tertiary/aromatic N) is 1. The van der Waals surface area contributed by atoms with Crippen LogP contribution < -0.4 is 5.32 Å². The molecule has 16 heavy (non-hydrogen) atoms. The number of likely N-dealkylation sites (tertiary alicyclic amines) is 1. The van der Waals surface area contributed by atoms with Gasteiger partial charge in [0.1, 0.15) is 0 Å². The Morgan fingerprint density at radius 2 is 1.75 bits per heavy atom. The molecule has 1 N–H and O–H groups in total. The number of rotatable bonds is 6. The second kappa shape index (κ2) is 6.02. The zero-order chi connectivity index (χ0) is 12.2. The monoisotopic (exact) mass is 226 g/mol. The summed E-state index contributed by atoms with van der Waals surface area (Å²) in [6.45, 7) is 17.8. The van der Waals surface area contributed by atoms with Gasteiger partial charge in [0.05, 0.1) is 0 Å². The Bertz CT molecular complexity index is 191. The molecule has 0 aromatic heterocycles. The van der Waals surface area contributed by atoms with Crippen LogP contribution in [0.1, 0.15) is 41.0 Å². The van der Waals surface area contributed by atoms with E-state index in [0.29, 0.717) is 5.41 Å². The molecule has 0 aromatic rings. The lowest BCUT2D eigenvalue weighted by Crippen LogP contribution is -2.40. The minimum absolute atomic E-state index is 0.402. The van der Waals surface area contributed by atoms with Crippen molar-refractivity contribution in [1.82, 2.24) is 10.2 Å². The average Bonchev–Trinajstić information content (AvgIpc) is 2.44. The van der Waals surface area contributed by atoms with Crippen LogP contribution in [0.3, 0.4) is 0 Å². The molecule has 0 spiro atoms. The van der Waals surface area contributed by atoms with Crippen LogP contribution in [0.25, 0.3) is 0 Å². The van der Waals surface area contributed by atoms with Crippen LogP contribution in [0.2, 0.25) is 0 Å². The Hall–Kier alpha value is -0.0800. The molecule has 1 aliphatic heterocycles. The molecule has 1 aliphatic rings. The molecule has 2 nitrogen and oxygen atoms in total. The highest BCUT2D eigenvalue weighted by molar-refractivity contribution is 4.83. The summed E-state index contributed by atoms with van der Waals surface area (Å²) >= 11 is 0. The Morgan fingerprint density at radius 3 is 2.25 bits per heavy atom. The maximum absolute atomic E-state index is 3.55. The van der Waals surface area contributed by atoms with Crippen LogP contribution in [0, 0.1) is 17.3 Å². The normalized spacial score (nSPS) is 27.6. The van der Waals surface area contributed by atoms with Crippen molar-refractivity contribution in [2.24, 2.45) is 17.3 Å². The van der Waals surface area contributed by atoms with Crippen LogP contribution in [-0.2, 0) is 0 Å². The SMILES string of the molecule is CCCNCC(C)(C)CN1CC(C)C(C)C1. The van der Waals surface area contributed by atoms with Gasteiger partial charge >= 0.3 is 0 Å². The highest BCUT2D eigenvalue weighted by Gasteiger charge is 2.30. The lowest BCUT2D eigenvalue weighted by molar-refractivity contribution is 0.198. The summed E-state index contributed by atoms with van der Waals surface area (Å²) in [4.78, 5) is 2.64. The fourth-order valence-electron chi connectivity index (χ4n) is 2.64. The van der Waals surface area contributed by atoms with Crippen molar-refractivity contribution in [3.05, 3.63) is 0 Å². The van der Waals surface area contributed by atoms with Crippen molar-refractivity contribution in [2.75, 3.05) is 32.7 Å². The van der Waals surface area contributed by atoms with Gasteiger partial charge in [-0.1, -0.05) is 34.6 Å². The van der Waals surface area contributed by atoms with Crippen LogP contribution in [-0.4, -0.2) is 37.6 Å². The van der Waals surface area contributed by atoms with Crippen molar-refractivity contribution in [3.63, 3.8) is 0 Å². The van der Waals surface area contributed by atoms with Crippen molar-refractivity contribution >= 4 is 0 Å². The zero-order valence-corrected chi connectivity index (χ0v) is 11.8. The Balaban J connectivity index is 2.29. The maximum Gasteiger partial charge on any atom is 0.00451 e. The minimum atomic E-state index is 0.402. The summed E-state index contributed by atoms with van der Waals surface area (Å²) in [5.74, 6) is 1.75. The molecular weight excluding hydrogens is 196 g/mol. The molecule has 1 fully saturated rings. The molecule has 1 heterocycles. The summed E-state index contributed by atoms with van der Waals surface area (Å²) < 4.78 is 0. The van der Waals surface area contributed by atoms with E-state index in [0.717, 1.165) is 24.9 Å². The molecule has 2 atom stereocenters. The molecular formula is C14H30N2. The van der Waals surface area contributed by atoms with E-state index in [1.165, 1.54) is 26.1 Å². The van der Waals surface area contributed by atoms with Crippen molar-refractivity contribution in [2.45, 2.75) is 41.0 Å². The average molecular weight is 226 g/mol. The molecule has 1 saturated heterocycles. The zero-order valence-electron chi connectivity index (χ0n) is 11.8. The summed E-state index contributed by atoms with van der Waals surface area (Å²) in [7, 11) is 0. The van der Waals surface area contributed by atoms with Crippen LogP contribution in [0.15, 0.2) is 0 Å². The van der Waals surface area contributed by atoms with Gasteiger partial charge in [0.2, 0.25) is 0 Å². The lowest BCUT2D eigenvalue weighted by atomic mass is 9.92. The third-order valence-corrected chi connectivity index (χ3v) is 3.75. The quantitative estimate of drug-likeness (QED) is 0.700. The Kier molecular flexibility index (Phi) is 5.26. The fraction of sp³-hybridized carbons (Fsp3) is 1.00. The summed E-state index contributed by atoms with van der Waals surface area (Å²) in [5.41, 5.74) is 0.402. The first-order valence-electron chi connectivity index (χ1n) is 6.87. The second-order valence-electron chi connectivity index (χ2n) is 6.49. The van der Waals surface area contributed by atoms with Gasteiger partial charge in [-0.05, 0) is 30.2 Å². The molecule has 0 aliphatic carbocycles. The van der Waals surface area contributed by atoms with Crippen LogP contribution in [0.5, 0.6) is 0 Å². The first kappa shape index (κ1) is 14.0. The van der Waals surface area contributed by atoms with E-state index in [4.69, 9.17) is 0 Å². The number of nitrogens with one attached hydrogen (secondary N) is 1. The van der Waals surface area contributed by atoms with Gasteiger partial charge in [0.15, 0.2) is 0 Å². The standard InChI is InChI=1S/C14H30N2/c1-6-7-15-10-14(4,5)11-16-8-12(2)13(3)9-16/h12-13,15H,6-11H2,1-5H3. The molecule has 0 saturated carbocycles. The molecule has 0 amide bonds. The van der Waals surface area contributed by atoms with E-state index in [9.17, 15) is 0 Å². The van der Waals surface area contributed by atoms with Crippen molar-refractivity contribution in [1.29, 1.82) is 0 Å². The van der Waals surface area contributed by atoms with Gasteiger partial charge in [-0.15, -0.1) is 0 Å². The van der Waals surface area contributed by atoms with E-state index in [2.05, 4.69) is 44.8 Å². The highest BCUT2D eigenvalue weighted by Crippen LogP contribution is 2.25. The smallest absolute Gasteiger partial charge is 0.00451 e. The molecule has 96 valence electrons. The van der Waals surface area contributed by atoms with E-state index in [1.54, 1.807) is 0 Å². The van der Waals surface area contributed by atoms with Crippen LogP contribution in [0.4, 0.5) is 0 Å². The number of hydrogen-bond acceptors (Lipinski definition) is 2. The number of hydrogen-bond donors (Lipinski definition) is 1. The fourth-order valence-corrected chi connectivity index (χ4v) is 2.64. The van der Waals surface area contributed by atoms with Crippen LogP contribution >= 0.6 is 0 Å². The molecule has 2 unspecified atom stereocenters. The maximum atomic E-state index is 3.55. The van der Waals surface area contributed by atoms with E-state index in [-0.39, 0.29) is 0 Å². The Morgan fingerprint density at radius 1 is 1.19 bits per heavy atom. The molecule has 0 bridgehead atoms. The van der Waals surface area contributed by atoms with E-state index < -0.39 is 0 Å². The topological polar surface area (TPSA) is 15.3 Å². The predicted octanol–water partition coefficient (Wildman–Crippen LogP) is 2.60. The first-order chi connectivity index (χ1) is 7.44. The van der Waals surface area contributed by atoms with Gasteiger partial charge in [0.25, 0.3) is 0 Å². The highest BCUT2D eigenvalue weighted by atomic mass is 15.2. The van der Waals surface area contributed by atoms with Gasteiger partial charge < -0.3 is 10.2 Å². The molecule has 2 heteroatoms. The minimum Gasteiger partial charge on any atom is -0.316 e. The third kappa shape index (κ3) is 4.42. The summed E-state index contributed by atoms with van der Waals surface area (Å²) in [5, 5.41) is 3.55. The van der Waals surface area contributed by atoms with Gasteiger partial charge in [0, 0.05) is 26.2 Å². The van der Waals surface area contributed by atoms with Crippen molar-refractivity contribution < 1.29 is 0 Å². The van der Waals surface area contributed by atoms with E-state index in [1.807, 2.05) is 0 Å². The lowest BCUT2D eigenvalue weighted by Gasteiger charge is -2.30. The van der Waals surface area contributed by atoms with E-state index >= 15 is 0 Å². The van der Waals surface area contributed by atoms with Gasteiger partial charge in [-0.25, -0.2) is 0 Å². The Labute approximate surface area is 102 Å². The summed E-state index contributed by atoms with van der Waals surface area (Å²) in [6.07, 6.45) is 1.23. The first-order valence-corrected chi connectivity index (χ1v) is 6.87. The largest absolute Gasteiger partial charge is 0.316 e. The van der Waals surface area contributed by atoms with Gasteiger partial charge in [-0.2, -0.15) is 0 Å². The molecule has 1 rings (SSSR count). The summed E-state index contributed by atoms with van der Waals surface area (Å²) in [6, 6.07) is 0. The molecule has 0 radical (unpaired) electrons. The third-order valence-electron chi connectivity index (χ3n) is 3.75. The molecule has 0 aromatic carbocycles. The second-order valence-corrected chi connectivity index (χ2v) is 6.49. The predicted molar refractivity (Wildman–Crippen MR) is 71.7 cm³/mol.